The Morgan fingerprint density at radius 1 is 0.833 bits per heavy atom. The maximum Gasteiger partial charge on any atom is 0.255 e. The fourth-order valence-electron chi connectivity index (χ4n) is 3.53. The molecule has 0 bridgehead atoms. The number of benzene rings is 3. The number of fused-ring (bicyclic) bond motifs is 3. The van der Waals surface area contributed by atoms with Crippen LogP contribution in [0.1, 0.15) is 21.6 Å². The number of aromatic nitrogens is 4. The maximum absolute atomic E-state index is 12.4. The third-order valence-electron chi connectivity index (χ3n) is 5.16. The van der Waals surface area contributed by atoms with Crippen molar-refractivity contribution >= 4 is 28.0 Å². The predicted octanol–water partition coefficient (Wildman–Crippen LogP) is 4.81. The Morgan fingerprint density at radius 2 is 1.53 bits per heavy atom. The van der Waals surface area contributed by atoms with Crippen LogP contribution in [0, 0.1) is 13.8 Å². The SMILES string of the molecule is Cc1ccc(C(=O)Nc2ccc(-c3nnc4c5ccccc5c(C)nn34)cc2)cc1. The highest BCUT2D eigenvalue weighted by Crippen LogP contribution is 2.25. The number of nitrogens with one attached hydrogen (secondary N) is 1. The zero-order valence-electron chi connectivity index (χ0n) is 16.6. The van der Waals surface area contributed by atoms with Crippen molar-refractivity contribution in [2.45, 2.75) is 13.8 Å². The van der Waals surface area contributed by atoms with Crippen LogP contribution in [-0.4, -0.2) is 25.7 Å². The monoisotopic (exact) mass is 393 g/mol. The van der Waals surface area contributed by atoms with E-state index < -0.39 is 0 Å². The Balaban J connectivity index is 1.46. The largest absolute Gasteiger partial charge is 0.322 e. The second-order valence-corrected chi connectivity index (χ2v) is 7.29. The van der Waals surface area contributed by atoms with Gasteiger partial charge in [0.15, 0.2) is 11.5 Å². The van der Waals surface area contributed by atoms with E-state index in [0.717, 1.165) is 33.2 Å². The first-order chi connectivity index (χ1) is 14.6. The fraction of sp³-hybridized carbons (Fsp3) is 0.0833. The van der Waals surface area contributed by atoms with Gasteiger partial charge < -0.3 is 5.32 Å². The molecule has 6 heteroatoms. The van der Waals surface area contributed by atoms with E-state index in [2.05, 4.69) is 20.6 Å². The van der Waals surface area contributed by atoms with Gasteiger partial charge in [-0.2, -0.15) is 9.61 Å². The van der Waals surface area contributed by atoms with Gasteiger partial charge >= 0.3 is 0 Å². The van der Waals surface area contributed by atoms with E-state index in [1.807, 2.05) is 86.6 Å². The molecule has 0 spiro atoms. The summed E-state index contributed by atoms with van der Waals surface area (Å²) >= 11 is 0. The Hall–Kier alpha value is -4.06. The molecule has 3 aromatic carbocycles. The summed E-state index contributed by atoms with van der Waals surface area (Å²) in [6, 6.07) is 23.1. The maximum atomic E-state index is 12.4. The van der Waals surface area contributed by atoms with Crippen LogP contribution in [0.15, 0.2) is 72.8 Å². The van der Waals surface area contributed by atoms with Crippen molar-refractivity contribution in [3.05, 3.63) is 89.6 Å². The lowest BCUT2D eigenvalue weighted by Gasteiger charge is -2.07. The van der Waals surface area contributed by atoms with Crippen LogP contribution in [-0.2, 0) is 0 Å². The topological polar surface area (TPSA) is 72.2 Å². The van der Waals surface area contributed by atoms with Gasteiger partial charge in [0.25, 0.3) is 5.91 Å². The van der Waals surface area contributed by atoms with Crippen LogP contribution in [0.5, 0.6) is 0 Å². The molecule has 5 aromatic rings. The van der Waals surface area contributed by atoms with Crippen molar-refractivity contribution in [1.82, 2.24) is 19.8 Å². The molecule has 0 aliphatic heterocycles. The van der Waals surface area contributed by atoms with Crippen LogP contribution < -0.4 is 5.32 Å². The lowest BCUT2D eigenvalue weighted by Crippen LogP contribution is -2.11. The first kappa shape index (κ1) is 18.0. The summed E-state index contributed by atoms with van der Waals surface area (Å²) in [6.07, 6.45) is 0. The summed E-state index contributed by atoms with van der Waals surface area (Å²) < 4.78 is 1.78. The van der Waals surface area contributed by atoms with Crippen molar-refractivity contribution in [3.63, 3.8) is 0 Å². The molecular weight excluding hydrogens is 374 g/mol. The number of nitrogens with zero attached hydrogens (tertiary/aromatic N) is 4. The van der Waals surface area contributed by atoms with Gasteiger partial charge in [-0.25, -0.2) is 0 Å². The highest BCUT2D eigenvalue weighted by molar-refractivity contribution is 6.04. The van der Waals surface area contributed by atoms with Crippen molar-refractivity contribution in [2.24, 2.45) is 0 Å². The quantitative estimate of drug-likeness (QED) is 0.477. The molecule has 2 heterocycles. The molecule has 0 unspecified atom stereocenters. The first-order valence-electron chi connectivity index (χ1n) is 9.69. The Morgan fingerprint density at radius 3 is 2.27 bits per heavy atom. The zero-order chi connectivity index (χ0) is 20.7. The third-order valence-corrected chi connectivity index (χ3v) is 5.16. The van der Waals surface area contributed by atoms with Crippen LogP contribution in [0.4, 0.5) is 5.69 Å². The molecule has 2 aromatic heterocycles. The average Bonchev–Trinajstić information content (AvgIpc) is 3.19. The minimum atomic E-state index is -0.139. The summed E-state index contributed by atoms with van der Waals surface area (Å²) in [5, 5.41) is 18.4. The molecular formula is C24H19N5O. The molecule has 146 valence electrons. The van der Waals surface area contributed by atoms with Crippen LogP contribution in [0.3, 0.4) is 0 Å². The molecule has 0 saturated heterocycles. The number of carbonyl (C=O) groups excluding carboxylic acids is 1. The molecule has 30 heavy (non-hydrogen) atoms. The molecule has 1 N–H and O–H groups in total. The minimum absolute atomic E-state index is 0.139. The van der Waals surface area contributed by atoms with E-state index in [1.165, 1.54) is 0 Å². The molecule has 0 fully saturated rings. The molecule has 0 saturated carbocycles. The number of amides is 1. The van der Waals surface area contributed by atoms with Crippen LogP contribution in [0.2, 0.25) is 0 Å². The zero-order valence-corrected chi connectivity index (χ0v) is 16.6. The van der Waals surface area contributed by atoms with Crippen molar-refractivity contribution in [3.8, 4) is 11.4 Å². The summed E-state index contributed by atoms with van der Waals surface area (Å²) in [5.41, 5.74) is 4.97. The number of carbonyl (C=O) groups is 1. The summed E-state index contributed by atoms with van der Waals surface area (Å²) in [4.78, 5) is 12.4. The van der Waals surface area contributed by atoms with E-state index >= 15 is 0 Å². The standard InChI is InChI=1S/C24H19N5O/c1-15-7-9-18(10-8-15)24(30)25-19-13-11-17(12-14-19)22-26-27-23-21-6-4-3-5-20(21)16(2)28-29(22)23/h3-14H,1-2H3,(H,25,30). The van der Waals surface area contributed by atoms with Gasteiger partial charge in [-0.15, -0.1) is 10.2 Å². The third kappa shape index (κ3) is 3.08. The number of hydrogen-bond donors (Lipinski definition) is 1. The summed E-state index contributed by atoms with van der Waals surface area (Å²) in [7, 11) is 0. The van der Waals surface area contributed by atoms with Gasteiger partial charge in [0.1, 0.15) is 0 Å². The molecule has 5 rings (SSSR count). The normalized spacial score (nSPS) is 11.1. The Kier molecular flexibility index (Phi) is 4.25. The van der Waals surface area contributed by atoms with Gasteiger partial charge in [-0.1, -0.05) is 42.0 Å². The number of aryl methyl sites for hydroxylation is 2. The number of hydrogen-bond acceptors (Lipinski definition) is 4. The second-order valence-electron chi connectivity index (χ2n) is 7.29. The highest BCUT2D eigenvalue weighted by atomic mass is 16.1. The highest BCUT2D eigenvalue weighted by Gasteiger charge is 2.14. The van der Waals surface area contributed by atoms with E-state index in [0.29, 0.717) is 17.1 Å². The van der Waals surface area contributed by atoms with Gasteiger partial charge in [-0.3, -0.25) is 4.79 Å². The van der Waals surface area contributed by atoms with Crippen molar-refractivity contribution in [2.75, 3.05) is 5.32 Å². The van der Waals surface area contributed by atoms with E-state index in [4.69, 9.17) is 0 Å². The number of rotatable bonds is 3. The van der Waals surface area contributed by atoms with E-state index in [1.54, 1.807) is 4.52 Å². The second kappa shape index (κ2) is 7.08. The Bertz CT molecular complexity index is 1390. The lowest BCUT2D eigenvalue weighted by atomic mass is 10.1. The molecule has 0 aliphatic rings. The predicted molar refractivity (Wildman–Crippen MR) is 118 cm³/mol. The van der Waals surface area contributed by atoms with Crippen molar-refractivity contribution < 1.29 is 4.79 Å². The molecule has 0 atom stereocenters. The van der Waals surface area contributed by atoms with Gasteiger partial charge in [0, 0.05) is 27.6 Å². The van der Waals surface area contributed by atoms with Crippen molar-refractivity contribution in [1.29, 1.82) is 0 Å². The summed E-state index contributed by atoms with van der Waals surface area (Å²) in [6.45, 7) is 3.98. The fourth-order valence-corrected chi connectivity index (χ4v) is 3.53. The van der Waals surface area contributed by atoms with Gasteiger partial charge in [-0.05, 0) is 50.2 Å². The van der Waals surface area contributed by atoms with Gasteiger partial charge in [0.2, 0.25) is 0 Å². The molecule has 1 amide bonds. The summed E-state index contributed by atoms with van der Waals surface area (Å²) in [5.74, 6) is 0.523. The molecule has 0 radical (unpaired) electrons. The molecule has 6 nitrogen and oxygen atoms in total. The molecule has 0 aliphatic carbocycles. The first-order valence-corrected chi connectivity index (χ1v) is 9.69. The van der Waals surface area contributed by atoms with E-state index in [-0.39, 0.29) is 5.91 Å². The number of anilines is 1. The van der Waals surface area contributed by atoms with E-state index in [9.17, 15) is 4.79 Å². The minimum Gasteiger partial charge on any atom is -0.322 e. The van der Waals surface area contributed by atoms with Gasteiger partial charge in [0.05, 0.1) is 5.69 Å². The van der Waals surface area contributed by atoms with Crippen LogP contribution >= 0.6 is 0 Å². The smallest absolute Gasteiger partial charge is 0.255 e. The average molecular weight is 393 g/mol. The Labute approximate surface area is 173 Å². The lowest BCUT2D eigenvalue weighted by molar-refractivity contribution is 0.102. The van der Waals surface area contributed by atoms with Crippen LogP contribution in [0.25, 0.3) is 27.8 Å².